The van der Waals surface area contributed by atoms with Crippen LogP contribution < -0.4 is 14.9 Å². The Balaban J connectivity index is 1.56. The van der Waals surface area contributed by atoms with E-state index in [1.54, 1.807) is 60.7 Å². The van der Waals surface area contributed by atoms with E-state index < -0.39 is 17.8 Å². The average Bonchev–Trinajstić information content (AvgIpc) is 2.90. The van der Waals surface area contributed by atoms with Crippen molar-refractivity contribution in [2.45, 2.75) is 0 Å². The van der Waals surface area contributed by atoms with Crippen LogP contribution in [0.3, 0.4) is 0 Å². The molecule has 4 aromatic rings. The molecule has 4 aromatic carbocycles. The molecule has 0 aliphatic rings. The number of hydrogen-bond acceptors (Lipinski definition) is 6. The molecule has 0 radical (unpaired) electrons. The van der Waals surface area contributed by atoms with Crippen molar-refractivity contribution in [1.29, 1.82) is 0 Å². The number of hydrazone groups is 1. The summed E-state index contributed by atoms with van der Waals surface area (Å²) in [6.07, 6.45) is 1.29. The lowest BCUT2D eigenvalue weighted by Crippen LogP contribution is -2.18. The summed E-state index contributed by atoms with van der Waals surface area (Å²) < 4.78 is 11.0. The molecular weight excluding hydrogens is 515 g/mol. The minimum atomic E-state index is -0.626. The highest BCUT2D eigenvalue weighted by Gasteiger charge is 2.15. The summed E-state index contributed by atoms with van der Waals surface area (Å²) in [4.78, 5) is 37.6. The number of esters is 2. The van der Waals surface area contributed by atoms with Crippen molar-refractivity contribution in [1.82, 2.24) is 5.43 Å². The largest absolute Gasteiger partial charge is 0.423 e. The molecule has 0 saturated heterocycles. The second kappa shape index (κ2) is 12.0. The lowest BCUT2D eigenvalue weighted by Gasteiger charge is -2.10. The molecule has 9 heteroatoms. The summed E-state index contributed by atoms with van der Waals surface area (Å²) in [5.41, 5.74) is 3.57. The molecule has 0 aromatic heterocycles. The van der Waals surface area contributed by atoms with Crippen LogP contribution in [0, 0.1) is 0 Å². The van der Waals surface area contributed by atoms with E-state index in [4.69, 9.17) is 32.7 Å². The number of benzene rings is 4. The van der Waals surface area contributed by atoms with Crippen LogP contribution in [0.4, 0.5) is 0 Å². The first-order chi connectivity index (χ1) is 17.9. The van der Waals surface area contributed by atoms with Gasteiger partial charge in [0.2, 0.25) is 0 Å². The molecule has 4 rings (SSSR count). The number of nitrogens with zero attached hydrogens (tertiary/aromatic N) is 1. The molecule has 0 fully saturated rings. The van der Waals surface area contributed by atoms with Crippen LogP contribution >= 0.6 is 23.2 Å². The molecule has 0 spiro atoms. The number of carbonyl (C=O) groups is 3. The van der Waals surface area contributed by atoms with Crippen molar-refractivity contribution < 1.29 is 23.9 Å². The molecule has 184 valence electrons. The van der Waals surface area contributed by atoms with E-state index in [0.717, 1.165) is 0 Å². The summed E-state index contributed by atoms with van der Waals surface area (Å²) in [5, 5.41) is 4.51. The molecule has 0 saturated carbocycles. The number of carbonyl (C=O) groups excluding carboxylic acids is 3. The van der Waals surface area contributed by atoms with E-state index in [-0.39, 0.29) is 22.1 Å². The number of ether oxygens (including phenoxy) is 2. The predicted octanol–water partition coefficient (Wildman–Crippen LogP) is 6.20. The minimum absolute atomic E-state index is 0.0646. The molecule has 0 heterocycles. The third-order valence-electron chi connectivity index (χ3n) is 4.96. The Morgan fingerprint density at radius 1 is 0.730 bits per heavy atom. The van der Waals surface area contributed by atoms with Gasteiger partial charge < -0.3 is 9.47 Å². The van der Waals surface area contributed by atoms with E-state index in [1.807, 2.05) is 0 Å². The third-order valence-corrected chi connectivity index (χ3v) is 5.51. The topological polar surface area (TPSA) is 94.1 Å². The second-order valence-corrected chi connectivity index (χ2v) is 8.38. The van der Waals surface area contributed by atoms with Crippen molar-refractivity contribution >= 4 is 47.3 Å². The van der Waals surface area contributed by atoms with E-state index in [0.29, 0.717) is 21.7 Å². The normalized spacial score (nSPS) is 10.6. The van der Waals surface area contributed by atoms with Crippen LogP contribution in [-0.4, -0.2) is 24.1 Å². The molecule has 1 amide bonds. The van der Waals surface area contributed by atoms with Crippen molar-refractivity contribution in [2.75, 3.05) is 0 Å². The fourth-order valence-corrected chi connectivity index (χ4v) is 3.64. The first-order valence-electron chi connectivity index (χ1n) is 10.9. The molecule has 0 unspecified atom stereocenters. The number of nitrogens with one attached hydrogen (secondary N) is 1. The summed E-state index contributed by atoms with van der Waals surface area (Å²) in [6, 6.07) is 25.7. The number of rotatable bonds is 7. The quantitative estimate of drug-likeness (QED) is 0.132. The molecule has 0 aliphatic carbocycles. The minimum Gasteiger partial charge on any atom is -0.423 e. The Morgan fingerprint density at radius 3 is 1.97 bits per heavy atom. The van der Waals surface area contributed by atoms with E-state index in [9.17, 15) is 14.4 Å². The second-order valence-electron chi connectivity index (χ2n) is 7.53. The average molecular weight is 533 g/mol. The van der Waals surface area contributed by atoms with Crippen molar-refractivity contribution in [3.63, 3.8) is 0 Å². The van der Waals surface area contributed by atoms with Crippen LogP contribution in [0.1, 0.15) is 36.6 Å². The zero-order valence-corrected chi connectivity index (χ0v) is 20.6. The Kier molecular flexibility index (Phi) is 8.30. The maximum Gasteiger partial charge on any atom is 0.343 e. The highest BCUT2D eigenvalue weighted by Crippen LogP contribution is 2.26. The Hall–Kier alpha value is -4.46. The van der Waals surface area contributed by atoms with Crippen LogP contribution in [0.25, 0.3) is 0 Å². The highest BCUT2D eigenvalue weighted by molar-refractivity contribution is 6.36. The Morgan fingerprint density at radius 2 is 1.35 bits per heavy atom. The van der Waals surface area contributed by atoms with Gasteiger partial charge in [-0.25, -0.2) is 15.0 Å². The maximum atomic E-state index is 12.7. The van der Waals surface area contributed by atoms with Gasteiger partial charge in [0.25, 0.3) is 5.91 Å². The fraction of sp³-hybridized carbons (Fsp3) is 0. The van der Waals surface area contributed by atoms with Crippen LogP contribution in [-0.2, 0) is 0 Å². The number of halogens is 2. The maximum absolute atomic E-state index is 12.7. The van der Waals surface area contributed by atoms with Crippen LogP contribution in [0.15, 0.2) is 102 Å². The van der Waals surface area contributed by atoms with Gasteiger partial charge in [-0.15, -0.1) is 0 Å². The van der Waals surface area contributed by atoms with Crippen molar-refractivity contribution in [3.8, 4) is 11.5 Å². The SMILES string of the molecule is O=C(Oc1ccc(C=NNC(=O)c2ccc(Cl)cc2Cl)c(OC(=O)c2ccccc2)c1)c1ccccc1. The molecular formula is C28H18Cl2N2O5. The van der Waals surface area contributed by atoms with Gasteiger partial charge in [-0.05, 0) is 54.6 Å². The molecule has 0 bridgehead atoms. The predicted molar refractivity (Wildman–Crippen MR) is 141 cm³/mol. The van der Waals surface area contributed by atoms with Gasteiger partial charge in [-0.1, -0.05) is 59.6 Å². The summed E-state index contributed by atoms with van der Waals surface area (Å²) in [5.74, 6) is -1.55. The molecule has 0 aliphatic heterocycles. The van der Waals surface area contributed by atoms with Crippen molar-refractivity contribution in [2.24, 2.45) is 5.10 Å². The van der Waals surface area contributed by atoms with E-state index in [1.165, 1.54) is 42.6 Å². The molecule has 1 N–H and O–H groups in total. The van der Waals surface area contributed by atoms with Gasteiger partial charge in [-0.3, -0.25) is 4.79 Å². The molecule has 0 atom stereocenters. The van der Waals surface area contributed by atoms with Crippen LogP contribution in [0.2, 0.25) is 10.0 Å². The number of amides is 1. The van der Waals surface area contributed by atoms with Gasteiger partial charge in [0.1, 0.15) is 11.5 Å². The third kappa shape index (κ3) is 6.82. The zero-order valence-electron chi connectivity index (χ0n) is 19.1. The van der Waals surface area contributed by atoms with Gasteiger partial charge in [0.05, 0.1) is 27.9 Å². The summed E-state index contributed by atoms with van der Waals surface area (Å²) in [7, 11) is 0. The van der Waals surface area contributed by atoms with Crippen LogP contribution in [0.5, 0.6) is 11.5 Å². The molecule has 7 nitrogen and oxygen atoms in total. The van der Waals surface area contributed by atoms with Gasteiger partial charge in [0.15, 0.2) is 0 Å². The Labute approximate surface area is 222 Å². The first kappa shape index (κ1) is 25.6. The zero-order chi connectivity index (χ0) is 26.2. The summed E-state index contributed by atoms with van der Waals surface area (Å²) in [6.45, 7) is 0. The lowest BCUT2D eigenvalue weighted by molar-refractivity contribution is 0.0732. The standard InChI is InChI=1S/C28H18Cl2N2O5/c29-21-12-14-23(24(30)15-21)26(33)32-31-17-20-11-13-22(36-27(34)18-7-3-1-4-8-18)16-25(20)37-28(35)19-9-5-2-6-10-19/h1-17H,(H,32,33). The lowest BCUT2D eigenvalue weighted by atomic mass is 10.2. The van der Waals surface area contributed by atoms with Gasteiger partial charge in [-0.2, -0.15) is 5.10 Å². The van der Waals surface area contributed by atoms with E-state index >= 15 is 0 Å². The van der Waals surface area contributed by atoms with E-state index in [2.05, 4.69) is 10.5 Å². The summed E-state index contributed by atoms with van der Waals surface area (Å²) >= 11 is 11.9. The fourth-order valence-electron chi connectivity index (χ4n) is 3.14. The first-order valence-corrected chi connectivity index (χ1v) is 11.6. The highest BCUT2D eigenvalue weighted by atomic mass is 35.5. The van der Waals surface area contributed by atoms with Gasteiger partial charge >= 0.3 is 11.9 Å². The number of hydrogen-bond donors (Lipinski definition) is 1. The monoisotopic (exact) mass is 532 g/mol. The van der Waals surface area contributed by atoms with Crippen molar-refractivity contribution in [3.05, 3.63) is 129 Å². The smallest absolute Gasteiger partial charge is 0.343 e. The van der Waals surface area contributed by atoms with Gasteiger partial charge in [0, 0.05) is 16.7 Å². The Bertz CT molecular complexity index is 1470. The molecule has 37 heavy (non-hydrogen) atoms.